The van der Waals surface area contributed by atoms with Gasteiger partial charge in [0.1, 0.15) is 6.10 Å². The second kappa shape index (κ2) is 3.94. The van der Waals surface area contributed by atoms with Gasteiger partial charge in [-0.25, -0.2) is 0 Å². The summed E-state index contributed by atoms with van der Waals surface area (Å²) in [5, 5.41) is 9.29. The summed E-state index contributed by atoms with van der Waals surface area (Å²) in [6, 6.07) is 0. The predicted molar refractivity (Wildman–Crippen MR) is 39.9 cm³/mol. The standard InChI is InChI=1S/C8H16O2/c1-2-3-4-5-7(9)8-6-10-8/h7-9H,2-6H2,1H3/t7-,8-/m0/s1. The normalized spacial score (nSPS) is 26.4. The van der Waals surface area contributed by atoms with Crippen LogP contribution in [0.3, 0.4) is 0 Å². The van der Waals surface area contributed by atoms with Crippen molar-refractivity contribution in [1.82, 2.24) is 0 Å². The zero-order valence-corrected chi connectivity index (χ0v) is 6.55. The minimum absolute atomic E-state index is 0.178. The smallest absolute Gasteiger partial charge is 0.107 e. The Hall–Kier alpha value is -0.0800. The maximum atomic E-state index is 9.29. The Balaban J connectivity index is 1.90. The van der Waals surface area contributed by atoms with E-state index in [-0.39, 0.29) is 12.2 Å². The highest BCUT2D eigenvalue weighted by molar-refractivity contribution is 4.77. The van der Waals surface area contributed by atoms with Gasteiger partial charge in [-0.1, -0.05) is 26.2 Å². The first-order chi connectivity index (χ1) is 4.84. The van der Waals surface area contributed by atoms with Gasteiger partial charge in [-0.15, -0.1) is 0 Å². The topological polar surface area (TPSA) is 32.8 Å². The summed E-state index contributed by atoms with van der Waals surface area (Å²) in [5.41, 5.74) is 0. The third-order valence-electron chi connectivity index (χ3n) is 1.89. The van der Waals surface area contributed by atoms with Gasteiger partial charge in [0.25, 0.3) is 0 Å². The number of aliphatic hydroxyl groups excluding tert-OH is 1. The van der Waals surface area contributed by atoms with E-state index in [0.717, 1.165) is 19.4 Å². The molecule has 0 bridgehead atoms. The molecule has 1 heterocycles. The predicted octanol–water partition coefficient (Wildman–Crippen LogP) is 1.33. The number of aliphatic hydroxyl groups is 1. The molecule has 0 aliphatic carbocycles. The summed E-state index contributed by atoms with van der Waals surface area (Å²) >= 11 is 0. The lowest BCUT2D eigenvalue weighted by Crippen LogP contribution is -2.13. The largest absolute Gasteiger partial charge is 0.390 e. The number of epoxide rings is 1. The van der Waals surface area contributed by atoms with Crippen molar-refractivity contribution in [1.29, 1.82) is 0 Å². The van der Waals surface area contributed by atoms with Crippen molar-refractivity contribution in [3.63, 3.8) is 0 Å². The van der Waals surface area contributed by atoms with E-state index in [9.17, 15) is 5.11 Å². The van der Waals surface area contributed by atoms with Gasteiger partial charge >= 0.3 is 0 Å². The monoisotopic (exact) mass is 144 g/mol. The molecule has 1 fully saturated rings. The fourth-order valence-electron chi connectivity index (χ4n) is 1.07. The third kappa shape index (κ3) is 2.67. The van der Waals surface area contributed by atoms with Crippen LogP contribution in [0.1, 0.15) is 32.6 Å². The average Bonchev–Trinajstić information content (AvgIpc) is 2.69. The van der Waals surface area contributed by atoms with Crippen LogP contribution in [0.5, 0.6) is 0 Å². The van der Waals surface area contributed by atoms with Crippen molar-refractivity contribution < 1.29 is 9.84 Å². The lowest BCUT2D eigenvalue weighted by Gasteiger charge is -2.04. The molecule has 10 heavy (non-hydrogen) atoms. The molecule has 2 atom stereocenters. The van der Waals surface area contributed by atoms with E-state index < -0.39 is 0 Å². The van der Waals surface area contributed by atoms with Crippen LogP contribution in [0.25, 0.3) is 0 Å². The molecule has 0 aromatic carbocycles. The summed E-state index contributed by atoms with van der Waals surface area (Å²) in [7, 11) is 0. The Morgan fingerprint density at radius 1 is 1.60 bits per heavy atom. The molecule has 1 aliphatic rings. The van der Waals surface area contributed by atoms with Gasteiger partial charge in [-0.2, -0.15) is 0 Å². The lowest BCUT2D eigenvalue weighted by atomic mass is 10.1. The molecular formula is C8H16O2. The molecule has 1 saturated heterocycles. The van der Waals surface area contributed by atoms with E-state index in [1.54, 1.807) is 0 Å². The van der Waals surface area contributed by atoms with E-state index in [1.807, 2.05) is 0 Å². The fourth-order valence-corrected chi connectivity index (χ4v) is 1.07. The van der Waals surface area contributed by atoms with Crippen molar-refractivity contribution in [3.05, 3.63) is 0 Å². The van der Waals surface area contributed by atoms with E-state index in [1.165, 1.54) is 12.8 Å². The number of hydrogen-bond acceptors (Lipinski definition) is 2. The van der Waals surface area contributed by atoms with Crippen LogP contribution in [0, 0.1) is 0 Å². The van der Waals surface area contributed by atoms with Crippen molar-refractivity contribution >= 4 is 0 Å². The highest BCUT2D eigenvalue weighted by Crippen LogP contribution is 2.18. The molecule has 0 aromatic rings. The van der Waals surface area contributed by atoms with E-state index >= 15 is 0 Å². The van der Waals surface area contributed by atoms with Gasteiger partial charge in [0.2, 0.25) is 0 Å². The third-order valence-corrected chi connectivity index (χ3v) is 1.89. The second-order valence-electron chi connectivity index (χ2n) is 2.93. The Labute approximate surface area is 62.2 Å². The zero-order chi connectivity index (χ0) is 7.40. The Bertz CT molecular complexity index is 89.3. The molecule has 0 saturated carbocycles. The van der Waals surface area contributed by atoms with E-state index in [4.69, 9.17) is 4.74 Å². The van der Waals surface area contributed by atoms with Gasteiger partial charge < -0.3 is 9.84 Å². The maximum Gasteiger partial charge on any atom is 0.107 e. The Kier molecular flexibility index (Phi) is 3.16. The lowest BCUT2D eigenvalue weighted by molar-refractivity contribution is 0.123. The number of hydrogen-bond donors (Lipinski definition) is 1. The molecule has 2 heteroatoms. The maximum absolute atomic E-state index is 9.29. The first kappa shape index (κ1) is 8.02. The van der Waals surface area contributed by atoms with Crippen LogP contribution >= 0.6 is 0 Å². The molecule has 2 nitrogen and oxygen atoms in total. The van der Waals surface area contributed by atoms with Crippen LogP contribution in [0.4, 0.5) is 0 Å². The highest BCUT2D eigenvalue weighted by atomic mass is 16.6. The summed E-state index contributed by atoms with van der Waals surface area (Å²) in [6.45, 7) is 2.94. The first-order valence-corrected chi connectivity index (χ1v) is 4.14. The number of ether oxygens (including phenoxy) is 1. The minimum Gasteiger partial charge on any atom is -0.390 e. The van der Waals surface area contributed by atoms with Gasteiger partial charge in [0.05, 0.1) is 12.7 Å². The first-order valence-electron chi connectivity index (χ1n) is 4.14. The molecule has 0 radical (unpaired) electrons. The van der Waals surface area contributed by atoms with Crippen molar-refractivity contribution in [2.45, 2.75) is 44.8 Å². The summed E-state index contributed by atoms with van der Waals surface area (Å²) < 4.78 is 4.95. The summed E-state index contributed by atoms with van der Waals surface area (Å²) in [5.74, 6) is 0. The van der Waals surface area contributed by atoms with E-state index in [0.29, 0.717) is 0 Å². The Morgan fingerprint density at radius 2 is 2.30 bits per heavy atom. The van der Waals surface area contributed by atoms with Crippen molar-refractivity contribution in [2.75, 3.05) is 6.61 Å². The van der Waals surface area contributed by atoms with Gasteiger partial charge in [-0.3, -0.25) is 0 Å². The molecule has 60 valence electrons. The van der Waals surface area contributed by atoms with Gasteiger partial charge in [-0.05, 0) is 6.42 Å². The molecule has 1 N–H and O–H groups in total. The molecular weight excluding hydrogens is 128 g/mol. The number of rotatable bonds is 5. The average molecular weight is 144 g/mol. The molecule has 0 aromatic heterocycles. The van der Waals surface area contributed by atoms with Crippen molar-refractivity contribution in [3.8, 4) is 0 Å². The molecule has 1 aliphatic heterocycles. The van der Waals surface area contributed by atoms with E-state index in [2.05, 4.69) is 6.92 Å². The molecule has 0 unspecified atom stereocenters. The van der Waals surface area contributed by atoms with Crippen LogP contribution in [-0.4, -0.2) is 23.9 Å². The molecule has 1 rings (SSSR count). The van der Waals surface area contributed by atoms with Gasteiger partial charge in [0.15, 0.2) is 0 Å². The summed E-state index contributed by atoms with van der Waals surface area (Å²) in [6.07, 6.45) is 4.49. The zero-order valence-electron chi connectivity index (χ0n) is 6.55. The van der Waals surface area contributed by atoms with Gasteiger partial charge in [0, 0.05) is 0 Å². The fraction of sp³-hybridized carbons (Fsp3) is 1.00. The van der Waals surface area contributed by atoms with Crippen LogP contribution in [-0.2, 0) is 4.74 Å². The highest BCUT2D eigenvalue weighted by Gasteiger charge is 2.30. The van der Waals surface area contributed by atoms with Crippen LogP contribution < -0.4 is 0 Å². The number of unbranched alkanes of at least 4 members (excludes halogenated alkanes) is 2. The quantitative estimate of drug-likeness (QED) is 0.466. The SMILES string of the molecule is CCCCC[C@H](O)[C@@H]1CO1. The van der Waals surface area contributed by atoms with Crippen LogP contribution in [0.15, 0.2) is 0 Å². The van der Waals surface area contributed by atoms with Crippen LogP contribution in [0.2, 0.25) is 0 Å². The summed E-state index contributed by atoms with van der Waals surface area (Å²) in [4.78, 5) is 0. The Morgan fingerprint density at radius 3 is 2.80 bits per heavy atom. The second-order valence-corrected chi connectivity index (χ2v) is 2.93. The van der Waals surface area contributed by atoms with Crippen molar-refractivity contribution in [2.24, 2.45) is 0 Å². The minimum atomic E-state index is -0.188. The molecule has 0 spiro atoms. The molecule has 0 amide bonds.